The Hall–Kier alpha value is -2.50. The lowest BCUT2D eigenvalue weighted by molar-refractivity contribution is 0.0986. The summed E-state index contributed by atoms with van der Waals surface area (Å²) in [5, 5.41) is 5.88. The maximum atomic E-state index is 12.0. The third kappa shape index (κ3) is 2.36. The number of aromatic nitrogens is 3. The van der Waals surface area contributed by atoms with Crippen LogP contribution in [0.2, 0.25) is 0 Å². The van der Waals surface area contributed by atoms with Crippen LogP contribution in [0.1, 0.15) is 10.5 Å². The number of hydrogen-bond acceptors (Lipinski definition) is 4. The average molecular weight is 230 g/mol. The minimum Gasteiger partial charge on any atom is -0.294 e. The van der Waals surface area contributed by atoms with Gasteiger partial charge in [-0.15, -0.1) is 0 Å². The Labute approximate surface area is 96.9 Å². The Morgan fingerprint density at radius 2 is 2.12 bits per heavy atom. The van der Waals surface area contributed by atoms with E-state index in [1.54, 1.807) is 31.4 Å². The van der Waals surface area contributed by atoms with Gasteiger partial charge < -0.3 is 0 Å². The second-order valence-corrected chi connectivity index (χ2v) is 3.36. The minimum atomic E-state index is -0.345. The van der Waals surface area contributed by atoms with Crippen LogP contribution in [0.4, 0.5) is 5.82 Å². The summed E-state index contributed by atoms with van der Waals surface area (Å²) in [4.78, 5) is 28.2. The quantitative estimate of drug-likeness (QED) is 0.812. The minimum absolute atomic E-state index is 0.165. The van der Waals surface area contributed by atoms with Gasteiger partial charge in [0, 0.05) is 19.3 Å². The maximum absolute atomic E-state index is 12.0. The van der Waals surface area contributed by atoms with E-state index < -0.39 is 0 Å². The van der Waals surface area contributed by atoms with E-state index in [9.17, 15) is 9.59 Å². The number of aromatic amines is 1. The van der Waals surface area contributed by atoms with Crippen LogP contribution < -0.4 is 10.5 Å². The zero-order chi connectivity index (χ0) is 12.3. The highest BCUT2D eigenvalue weighted by molar-refractivity contribution is 6.03. The van der Waals surface area contributed by atoms with E-state index >= 15 is 0 Å². The third-order valence-electron chi connectivity index (χ3n) is 2.20. The molecule has 2 aromatic heterocycles. The lowest BCUT2D eigenvalue weighted by Gasteiger charge is -2.14. The summed E-state index contributed by atoms with van der Waals surface area (Å²) in [6.07, 6.45) is 1.60. The fourth-order valence-corrected chi connectivity index (χ4v) is 1.29. The molecule has 0 saturated heterocycles. The van der Waals surface area contributed by atoms with Gasteiger partial charge in [0.1, 0.15) is 11.5 Å². The van der Waals surface area contributed by atoms with E-state index in [-0.39, 0.29) is 17.2 Å². The summed E-state index contributed by atoms with van der Waals surface area (Å²) in [6.45, 7) is 0. The number of carbonyl (C=O) groups excluding carboxylic acids is 1. The second kappa shape index (κ2) is 4.56. The highest BCUT2D eigenvalue weighted by Crippen LogP contribution is 2.09. The van der Waals surface area contributed by atoms with Gasteiger partial charge in [-0.3, -0.25) is 14.5 Å². The molecule has 6 heteroatoms. The highest BCUT2D eigenvalue weighted by Gasteiger charge is 2.15. The summed E-state index contributed by atoms with van der Waals surface area (Å²) in [5.74, 6) is 0.186. The Morgan fingerprint density at radius 3 is 2.71 bits per heavy atom. The topological polar surface area (TPSA) is 79.0 Å². The highest BCUT2D eigenvalue weighted by atomic mass is 16.2. The molecular formula is C11H10N4O2. The molecule has 0 unspecified atom stereocenters. The molecule has 0 atom stereocenters. The van der Waals surface area contributed by atoms with Crippen molar-refractivity contribution in [2.75, 3.05) is 11.9 Å². The van der Waals surface area contributed by atoms with E-state index in [0.29, 0.717) is 5.82 Å². The van der Waals surface area contributed by atoms with Crippen molar-refractivity contribution in [1.82, 2.24) is 15.2 Å². The molecule has 2 heterocycles. The van der Waals surface area contributed by atoms with E-state index in [1.807, 2.05) is 0 Å². The number of rotatable bonds is 2. The lowest BCUT2D eigenvalue weighted by Crippen LogP contribution is -2.28. The predicted molar refractivity (Wildman–Crippen MR) is 61.8 cm³/mol. The number of pyridine rings is 1. The lowest BCUT2D eigenvalue weighted by atomic mass is 10.3. The average Bonchev–Trinajstić information content (AvgIpc) is 2.39. The third-order valence-corrected chi connectivity index (χ3v) is 2.20. The Balaban J connectivity index is 2.26. The van der Waals surface area contributed by atoms with Crippen molar-refractivity contribution >= 4 is 11.7 Å². The summed E-state index contributed by atoms with van der Waals surface area (Å²) < 4.78 is 0. The first-order chi connectivity index (χ1) is 8.18. The van der Waals surface area contributed by atoms with Gasteiger partial charge in [-0.1, -0.05) is 6.07 Å². The van der Waals surface area contributed by atoms with Gasteiger partial charge in [0.25, 0.3) is 11.5 Å². The molecule has 2 aromatic rings. The van der Waals surface area contributed by atoms with Gasteiger partial charge in [0.05, 0.1) is 0 Å². The second-order valence-electron chi connectivity index (χ2n) is 3.36. The molecule has 0 bridgehead atoms. The van der Waals surface area contributed by atoms with Gasteiger partial charge >= 0.3 is 0 Å². The predicted octanol–water partition coefficient (Wildman–Crippen LogP) is 0.442. The first kappa shape index (κ1) is 11.0. The van der Waals surface area contributed by atoms with Crippen molar-refractivity contribution < 1.29 is 4.79 Å². The molecule has 17 heavy (non-hydrogen) atoms. The maximum Gasteiger partial charge on any atom is 0.279 e. The van der Waals surface area contributed by atoms with Crippen LogP contribution in [0, 0.1) is 0 Å². The first-order valence-electron chi connectivity index (χ1n) is 4.93. The molecule has 0 aliphatic rings. The molecule has 0 radical (unpaired) electrons. The van der Waals surface area contributed by atoms with Crippen LogP contribution in [-0.4, -0.2) is 28.1 Å². The molecular weight excluding hydrogens is 220 g/mol. The smallest absolute Gasteiger partial charge is 0.279 e. The molecule has 0 aromatic carbocycles. The van der Waals surface area contributed by atoms with Crippen LogP contribution in [0.15, 0.2) is 41.3 Å². The number of nitrogens with one attached hydrogen (secondary N) is 1. The van der Waals surface area contributed by atoms with Gasteiger partial charge in [0.2, 0.25) is 0 Å². The number of H-pyrrole nitrogens is 1. The van der Waals surface area contributed by atoms with Crippen LogP contribution in [0.3, 0.4) is 0 Å². The van der Waals surface area contributed by atoms with E-state index in [2.05, 4.69) is 15.2 Å². The summed E-state index contributed by atoms with van der Waals surface area (Å²) in [7, 11) is 1.59. The molecule has 1 amide bonds. The molecule has 86 valence electrons. The van der Waals surface area contributed by atoms with E-state index in [4.69, 9.17) is 0 Å². The van der Waals surface area contributed by atoms with Crippen LogP contribution in [0.5, 0.6) is 0 Å². The number of anilines is 1. The van der Waals surface area contributed by atoms with E-state index in [0.717, 1.165) is 0 Å². The molecule has 2 rings (SSSR count). The van der Waals surface area contributed by atoms with Crippen LogP contribution >= 0.6 is 0 Å². The summed E-state index contributed by atoms with van der Waals surface area (Å²) in [5.41, 5.74) is -0.181. The van der Waals surface area contributed by atoms with E-state index in [1.165, 1.54) is 17.0 Å². The monoisotopic (exact) mass is 230 g/mol. The summed E-state index contributed by atoms with van der Waals surface area (Å²) >= 11 is 0. The molecule has 1 N–H and O–H groups in total. The van der Waals surface area contributed by atoms with Crippen LogP contribution in [-0.2, 0) is 0 Å². The number of nitrogens with zero attached hydrogens (tertiary/aromatic N) is 3. The Kier molecular flexibility index (Phi) is 2.95. The first-order valence-corrected chi connectivity index (χ1v) is 4.93. The molecule has 0 aliphatic heterocycles. The van der Waals surface area contributed by atoms with Crippen molar-refractivity contribution in [1.29, 1.82) is 0 Å². The van der Waals surface area contributed by atoms with Gasteiger partial charge in [-0.05, 0) is 18.2 Å². The molecule has 0 aliphatic carbocycles. The number of amides is 1. The molecule has 0 spiro atoms. The molecule has 0 fully saturated rings. The zero-order valence-electron chi connectivity index (χ0n) is 9.12. The van der Waals surface area contributed by atoms with Crippen molar-refractivity contribution in [3.05, 3.63) is 52.6 Å². The zero-order valence-corrected chi connectivity index (χ0v) is 9.12. The largest absolute Gasteiger partial charge is 0.294 e. The van der Waals surface area contributed by atoms with Gasteiger partial charge in [0.15, 0.2) is 0 Å². The Morgan fingerprint density at radius 1 is 1.29 bits per heavy atom. The van der Waals surface area contributed by atoms with Crippen molar-refractivity contribution in [3.63, 3.8) is 0 Å². The fraction of sp³-hybridized carbons (Fsp3) is 0.0909. The van der Waals surface area contributed by atoms with Crippen molar-refractivity contribution in [2.45, 2.75) is 0 Å². The normalized spacial score (nSPS) is 9.94. The van der Waals surface area contributed by atoms with Gasteiger partial charge in [-0.25, -0.2) is 10.1 Å². The fourth-order valence-electron chi connectivity index (χ4n) is 1.29. The molecule has 0 saturated carbocycles. The summed E-state index contributed by atoms with van der Waals surface area (Å²) in [6, 6.07) is 7.89. The van der Waals surface area contributed by atoms with Gasteiger partial charge in [-0.2, -0.15) is 5.10 Å². The Bertz CT molecular complexity index is 559. The number of hydrogen-bond donors (Lipinski definition) is 1. The number of carbonyl (C=O) groups is 1. The van der Waals surface area contributed by atoms with Crippen molar-refractivity contribution in [2.24, 2.45) is 0 Å². The standard InChI is InChI=1S/C11H10N4O2/c1-15(9-4-2-3-7-12-9)11(17)8-5-6-10(16)14-13-8/h2-7H,1H3,(H,14,16). The molecule has 6 nitrogen and oxygen atoms in total. The van der Waals surface area contributed by atoms with Crippen molar-refractivity contribution in [3.8, 4) is 0 Å². The van der Waals surface area contributed by atoms with Crippen LogP contribution in [0.25, 0.3) is 0 Å². The SMILES string of the molecule is CN(C(=O)c1ccc(=O)[nH]n1)c1ccccn1.